The minimum absolute atomic E-state index is 0.0805. The van der Waals surface area contributed by atoms with E-state index in [1.165, 1.54) is 10.4 Å². The Morgan fingerprint density at radius 3 is 2.02 bits per heavy atom. The second kappa shape index (κ2) is 12.0. The molecule has 0 N–H and O–H groups in total. The lowest BCUT2D eigenvalue weighted by molar-refractivity contribution is 0.143. The van der Waals surface area contributed by atoms with Gasteiger partial charge in [0.25, 0.3) is 8.32 Å². The van der Waals surface area contributed by atoms with Gasteiger partial charge in [-0.3, -0.25) is 4.90 Å². The summed E-state index contributed by atoms with van der Waals surface area (Å²) in [5, 5.41) is 3.02. The molecule has 0 saturated carbocycles. The van der Waals surface area contributed by atoms with E-state index in [1.807, 2.05) is 48.5 Å². The van der Waals surface area contributed by atoms with E-state index in [2.05, 4.69) is 81.4 Å². The number of fused-ring (bicyclic) bond motifs is 1. The standard InChI is InChI=1S/C34H36ClNO3Si/c1-34(2,3)40(30-15-9-5-10-16-30,31-17-11-6-12-18-31)39-25-27-21-28-22-29(35)19-20-32(28)36(23-27)33(37)38-24-26-13-7-4-8-14-26/h4-20,22,27H,21,23-25H2,1-3H3/t27-/m0/s1. The number of nitrogens with zero attached hydrogens (tertiary/aromatic N) is 1. The molecule has 0 aromatic heterocycles. The fourth-order valence-corrected chi connectivity index (χ4v) is 10.6. The molecule has 1 aliphatic rings. The molecule has 0 aliphatic carbocycles. The van der Waals surface area contributed by atoms with Gasteiger partial charge in [0.2, 0.25) is 0 Å². The molecule has 4 aromatic rings. The molecule has 0 radical (unpaired) electrons. The van der Waals surface area contributed by atoms with Crippen molar-refractivity contribution in [1.82, 2.24) is 0 Å². The number of hydrogen-bond acceptors (Lipinski definition) is 3. The van der Waals surface area contributed by atoms with E-state index in [0.29, 0.717) is 18.2 Å². The first-order valence-electron chi connectivity index (χ1n) is 13.8. The molecule has 5 rings (SSSR count). The van der Waals surface area contributed by atoms with Crippen molar-refractivity contribution in [1.29, 1.82) is 0 Å². The minimum atomic E-state index is -2.71. The highest BCUT2D eigenvalue weighted by Gasteiger charge is 2.50. The average molecular weight is 570 g/mol. The average Bonchev–Trinajstić information content (AvgIpc) is 2.96. The topological polar surface area (TPSA) is 38.8 Å². The van der Waals surface area contributed by atoms with Gasteiger partial charge in [-0.15, -0.1) is 0 Å². The number of carbonyl (C=O) groups excluding carboxylic acids is 1. The van der Waals surface area contributed by atoms with Crippen molar-refractivity contribution in [2.24, 2.45) is 5.92 Å². The molecule has 6 heteroatoms. The van der Waals surface area contributed by atoms with E-state index in [9.17, 15) is 4.79 Å². The quantitative estimate of drug-likeness (QED) is 0.220. The highest BCUT2D eigenvalue weighted by molar-refractivity contribution is 6.99. The molecular weight excluding hydrogens is 534 g/mol. The summed E-state index contributed by atoms with van der Waals surface area (Å²) in [6, 6.07) is 36.8. The summed E-state index contributed by atoms with van der Waals surface area (Å²) >= 11 is 6.40. The Bertz CT molecular complexity index is 1380. The number of carbonyl (C=O) groups is 1. The van der Waals surface area contributed by atoms with Gasteiger partial charge in [-0.2, -0.15) is 0 Å². The molecule has 1 heterocycles. The lowest BCUT2D eigenvalue weighted by Crippen LogP contribution is -2.67. The first-order chi connectivity index (χ1) is 19.3. The number of rotatable bonds is 7. The molecule has 1 amide bonds. The van der Waals surface area contributed by atoms with Crippen molar-refractivity contribution < 1.29 is 14.0 Å². The van der Waals surface area contributed by atoms with Crippen molar-refractivity contribution in [2.45, 2.75) is 38.8 Å². The summed E-state index contributed by atoms with van der Waals surface area (Å²) < 4.78 is 13.0. The van der Waals surface area contributed by atoms with Gasteiger partial charge in [0.15, 0.2) is 0 Å². The highest BCUT2D eigenvalue weighted by atomic mass is 35.5. The summed E-state index contributed by atoms with van der Waals surface area (Å²) in [7, 11) is -2.71. The van der Waals surface area contributed by atoms with Crippen LogP contribution in [0.4, 0.5) is 10.5 Å². The van der Waals surface area contributed by atoms with Gasteiger partial charge < -0.3 is 9.16 Å². The molecular formula is C34H36ClNO3Si. The summed E-state index contributed by atoms with van der Waals surface area (Å²) in [6.45, 7) is 8.09. The number of ether oxygens (including phenoxy) is 1. The Morgan fingerprint density at radius 2 is 1.45 bits per heavy atom. The molecule has 0 spiro atoms. The van der Waals surface area contributed by atoms with Gasteiger partial charge in [-0.25, -0.2) is 4.79 Å². The second-order valence-corrected chi connectivity index (χ2v) is 16.2. The van der Waals surface area contributed by atoms with Gasteiger partial charge >= 0.3 is 6.09 Å². The van der Waals surface area contributed by atoms with E-state index in [4.69, 9.17) is 20.8 Å². The predicted octanol–water partition coefficient (Wildman–Crippen LogP) is 7.23. The van der Waals surface area contributed by atoms with Crippen LogP contribution in [-0.4, -0.2) is 27.6 Å². The first-order valence-corrected chi connectivity index (χ1v) is 16.1. The zero-order valence-corrected chi connectivity index (χ0v) is 25.1. The van der Waals surface area contributed by atoms with Gasteiger partial charge in [0.05, 0.1) is 5.69 Å². The maximum absolute atomic E-state index is 13.4. The van der Waals surface area contributed by atoms with Gasteiger partial charge in [-0.1, -0.05) is 123 Å². The van der Waals surface area contributed by atoms with E-state index in [0.717, 1.165) is 23.2 Å². The van der Waals surface area contributed by atoms with Crippen LogP contribution in [0.15, 0.2) is 109 Å². The van der Waals surface area contributed by atoms with E-state index in [1.54, 1.807) is 4.90 Å². The fourth-order valence-electron chi connectivity index (χ4n) is 5.80. The summed E-state index contributed by atoms with van der Waals surface area (Å²) in [4.78, 5) is 15.2. The zero-order chi connectivity index (χ0) is 28.2. The molecule has 1 aliphatic heterocycles. The number of hydrogen-bond donors (Lipinski definition) is 0. The van der Waals surface area contributed by atoms with Gasteiger partial charge in [0.1, 0.15) is 6.61 Å². The Labute approximate surface area is 243 Å². The maximum Gasteiger partial charge on any atom is 0.414 e. The van der Waals surface area contributed by atoms with Crippen LogP contribution in [0.1, 0.15) is 31.9 Å². The van der Waals surface area contributed by atoms with Crippen molar-refractivity contribution >= 4 is 42.1 Å². The normalized spacial score (nSPS) is 15.4. The molecule has 40 heavy (non-hydrogen) atoms. The summed E-state index contributed by atoms with van der Waals surface area (Å²) in [6.07, 6.45) is 0.416. The lowest BCUT2D eigenvalue weighted by atomic mass is 9.93. The van der Waals surface area contributed by atoms with Crippen molar-refractivity contribution in [3.63, 3.8) is 0 Å². The fraction of sp³-hybridized carbons (Fsp3) is 0.265. The number of anilines is 1. The maximum atomic E-state index is 13.4. The van der Waals surface area contributed by atoms with Gasteiger partial charge in [0, 0.05) is 24.1 Å². The number of halogens is 1. The van der Waals surface area contributed by atoms with Crippen LogP contribution in [-0.2, 0) is 22.2 Å². The van der Waals surface area contributed by atoms with Crippen LogP contribution < -0.4 is 15.3 Å². The van der Waals surface area contributed by atoms with Crippen molar-refractivity contribution in [3.05, 3.63) is 125 Å². The van der Waals surface area contributed by atoms with E-state index in [-0.39, 0.29) is 23.7 Å². The molecule has 0 bridgehead atoms. The van der Waals surface area contributed by atoms with Crippen molar-refractivity contribution in [3.8, 4) is 0 Å². The van der Waals surface area contributed by atoms with Crippen molar-refractivity contribution in [2.75, 3.05) is 18.1 Å². The van der Waals surface area contributed by atoms with Crippen LogP contribution in [0.3, 0.4) is 0 Å². The van der Waals surface area contributed by atoms with E-state index < -0.39 is 8.32 Å². The Hall–Kier alpha value is -3.38. The number of amides is 1. The molecule has 0 fully saturated rings. The lowest BCUT2D eigenvalue weighted by Gasteiger charge is -2.44. The van der Waals surface area contributed by atoms with Crippen LogP contribution in [0, 0.1) is 5.92 Å². The highest BCUT2D eigenvalue weighted by Crippen LogP contribution is 2.38. The summed E-state index contributed by atoms with van der Waals surface area (Å²) in [5.74, 6) is 0.0805. The summed E-state index contributed by atoms with van der Waals surface area (Å²) in [5.41, 5.74) is 2.84. The third kappa shape index (κ3) is 5.87. The third-order valence-corrected chi connectivity index (χ3v) is 12.9. The smallest absolute Gasteiger partial charge is 0.414 e. The van der Waals surface area contributed by atoms with Crippen LogP contribution in [0.5, 0.6) is 0 Å². The predicted molar refractivity (Wildman–Crippen MR) is 166 cm³/mol. The van der Waals surface area contributed by atoms with Gasteiger partial charge in [-0.05, 0) is 51.2 Å². The molecule has 4 nitrogen and oxygen atoms in total. The Kier molecular flexibility index (Phi) is 8.45. The molecule has 0 unspecified atom stereocenters. The molecule has 1 atom stereocenters. The molecule has 206 valence electrons. The number of benzene rings is 4. The Morgan fingerprint density at radius 1 is 0.875 bits per heavy atom. The SMILES string of the molecule is CC(C)(C)[Si](OC[C@H]1Cc2cc(Cl)ccc2N(C(=O)OCc2ccccc2)C1)(c1ccccc1)c1ccccc1. The largest absolute Gasteiger partial charge is 0.444 e. The zero-order valence-electron chi connectivity index (χ0n) is 23.3. The Balaban J connectivity index is 1.44. The minimum Gasteiger partial charge on any atom is -0.444 e. The molecule has 0 saturated heterocycles. The first kappa shape index (κ1) is 28.2. The third-order valence-electron chi connectivity index (χ3n) is 7.66. The van der Waals surface area contributed by atoms with Crippen LogP contribution in [0.25, 0.3) is 0 Å². The van der Waals surface area contributed by atoms with E-state index >= 15 is 0 Å². The van der Waals surface area contributed by atoms with Crippen LogP contribution in [0.2, 0.25) is 10.1 Å². The monoisotopic (exact) mass is 569 g/mol. The van der Waals surface area contributed by atoms with Crippen LogP contribution >= 0.6 is 11.6 Å². The molecule has 4 aromatic carbocycles. The second-order valence-electron chi connectivity index (χ2n) is 11.5.